The quantitative estimate of drug-likeness (QED) is 0.329. The summed E-state index contributed by atoms with van der Waals surface area (Å²) >= 11 is 1.54. The fraction of sp³-hybridized carbons (Fsp3) is 0.143. The molecule has 4 N–H and O–H groups in total. The Morgan fingerprint density at radius 2 is 2.24 bits per heavy atom. The average Bonchev–Trinajstić information content (AvgIpc) is 2.97. The van der Waals surface area contributed by atoms with Crippen molar-refractivity contribution in [2.75, 3.05) is 11.9 Å². The van der Waals surface area contributed by atoms with Gasteiger partial charge < -0.3 is 21.0 Å². The standard InChI is InChI=1S/C14H15N3O3S/c15-13(17-19)9-20-11-4-1-3-10(7-11)16-14(18)8-12-5-2-6-21-12/h1-7,19H,8-9H2,(H2,15,17)(H,16,18). The molecule has 110 valence electrons. The molecule has 1 aromatic carbocycles. The van der Waals surface area contributed by atoms with E-state index in [9.17, 15) is 4.79 Å². The number of hydrogen-bond donors (Lipinski definition) is 3. The zero-order chi connectivity index (χ0) is 15.1. The summed E-state index contributed by atoms with van der Waals surface area (Å²) in [5, 5.41) is 16.0. The van der Waals surface area contributed by atoms with Gasteiger partial charge in [-0.1, -0.05) is 17.3 Å². The molecule has 2 rings (SSSR count). The number of carbonyl (C=O) groups is 1. The van der Waals surface area contributed by atoms with Crippen LogP contribution in [0.1, 0.15) is 4.88 Å². The van der Waals surface area contributed by atoms with Crippen LogP contribution in [0.15, 0.2) is 46.9 Å². The van der Waals surface area contributed by atoms with Gasteiger partial charge in [-0.05, 0) is 23.6 Å². The highest BCUT2D eigenvalue weighted by molar-refractivity contribution is 7.10. The lowest BCUT2D eigenvalue weighted by atomic mass is 10.2. The van der Waals surface area contributed by atoms with Crippen molar-refractivity contribution >= 4 is 28.8 Å². The van der Waals surface area contributed by atoms with Gasteiger partial charge in [-0.15, -0.1) is 11.3 Å². The molecule has 1 aromatic heterocycles. The van der Waals surface area contributed by atoms with Crippen LogP contribution in [0.5, 0.6) is 5.75 Å². The normalized spacial score (nSPS) is 11.1. The van der Waals surface area contributed by atoms with Crippen LogP contribution in [0.2, 0.25) is 0 Å². The second-order valence-electron chi connectivity index (χ2n) is 4.21. The van der Waals surface area contributed by atoms with Gasteiger partial charge in [-0.2, -0.15) is 0 Å². The SMILES string of the molecule is N/C(COc1cccc(NC(=O)Cc2cccs2)c1)=N\O. The topological polar surface area (TPSA) is 96.9 Å². The van der Waals surface area contributed by atoms with E-state index in [1.807, 2.05) is 17.5 Å². The fourth-order valence-electron chi connectivity index (χ4n) is 1.63. The first-order valence-corrected chi connectivity index (χ1v) is 7.07. The predicted molar refractivity (Wildman–Crippen MR) is 82.0 cm³/mol. The summed E-state index contributed by atoms with van der Waals surface area (Å²) in [5.74, 6) is 0.406. The Balaban J connectivity index is 1.92. The zero-order valence-corrected chi connectivity index (χ0v) is 12.0. The van der Waals surface area contributed by atoms with Gasteiger partial charge in [-0.25, -0.2) is 0 Å². The molecule has 7 heteroatoms. The summed E-state index contributed by atoms with van der Waals surface area (Å²) in [7, 11) is 0. The Bertz CT molecular complexity index is 626. The van der Waals surface area contributed by atoms with Crippen molar-refractivity contribution in [3.05, 3.63) is 46.7 Å². The molecule has 0 saturated heterocycles. The number of nitrogens with zero attached hydrogens (tertiary/aromatic N) is 1. The third-order valence-corrected chi connectivity index (χ3v) is 3.42. The number of hydrogen-bond acceptors (Lipinski definition) is 5. The number of benzene rings is 1. The molecule has 0 aliphatic carbocycles. The van der Waals surface area contributed by atoms with E-state index in [-0.39, 0.29) is 18.3 Å². The summed E-state index contributed by atoms with van der Waals surface area (Å²) in [6.45, 7) is -0.0247. The number of rotatable bonds is 6. The highest BCUT2D eigenvalue weighted by atomic mass is 32.1. The third-order valence-electron chi connectivity index (χ3n) is 2.55. The molecular formula is C14H15N3O3S. The molecule has 6 nitrogen and oxygen atoms in total. The van der Waals surface area contributed by atoms with E-state index in [4.69, 9.17) is 15.7 Å². The third kappa shape index (κ3) is 4.81. The molecule has 0 aliphatic rings. The van der Waals surface area contributed by atoms with Gasteiger partial charge in [0.15, 0.2) is 5.84 Å². The second-order valence-corrected chi connectivity index (χ2v) is 5.24. The van der Waals surface area contributed by atoms with E-state index in [2.05, 4.69) is 10.5 Å². The molecule has 0 aliphatic heterocycles. The molecule has 21 heavy (non-hydrogen) atoms. The number of anilines is 1. The molecule has 0 unspecified atom stereocenters. The molecule has 0 spiro atoms. The number of oxime groups is 1. The van der Waals surface area contributed by atoms with Crippen LogP contribution in [0, 0.1) is 0 Å². The summed E-state index contributed by atoms with van der Waals surface area (Å²) < 4.78 is 5.32. The van der Waals surface area contributed by atoms with Crippen LogP contribution in [0.3, 0.4) is 0 Å². The van der Waals surface area contributed by atoms with Gasteiger partial charge in [0.25, 0.3) is 0 Å². The van der Waals surface area contributed by atoms with Crippen molar-refractivity contribution in [3.63, 3.8) is 0 Å². The summed E-state index contributed by atoms with van der Waals surface area (Å²) in [6, 6.07) is 10.7. The number of amides is 1. The first-order chi connectivity index (χ1) is 10.2. The second kappa shape index (κ2) is 7.30. The van der Waals surface area contributed by atoms with Crippen LogP contribution >= 0.6 is 11.3 Å². The lowest BCUT2D eigenvalue weighted by Crippen LogP contribution is -2.20. The minimum Gasteiger partial charge on any atom is -0.485 e. The van der Waals surface area contributed by atoms with Crippen molar-refractivity contribution in [3.8, 4) is 5.75 Å². The minimum atomic E-state index is -0.0916. The monoisotopic (exact) mass is 305 g/mol. The smallest absolute Gasteiger partial charge is 0.229 e. The molecule has 0 atom stereocenters. The number of nitrogens with one attached hydrogen (secondary N) is 1. The van der Waals surface area contributed by atoms with Crippen LogP contribution in [-0.4, -0.2) is 23.6 Å². The lowest BCUT2D eigenvalue weighted by Gasteiger charge is -2.08. The predicted octanol–water partition coefficient (Wildman–Crippen LogP) is 2.05. The molecular weight excluding hydrogens is 290 g/mol. The minimum absolute atomic E-state index is 0.0247. The van der Waals surface area contributed by atoms with Crippen LogP contribution in [0.4, 0.5) is 5.69 Å². The molecule has 0 saturated carbocycles. The number of thiophene rings is 1. The first-order valence-electron chi connectivity index (χ1n) is 6.19. The van der Waals surface area contributed by atoms with Crippen molar-refractivity contribution in [1.29, 1.82) is 0 Å². The van der Waals surface area contributed by atoms with Gasteiger partial charge in [0.2, 0.25) is 5.91 Å². The molecule has 1 heterocycles. The molecule has 0 fully saturated rings. The molecule has 0 radical (unpaired) electrons. The van der Waals surface area contributed by atoms with Gasteiger partial charge in [0.1, 0.15) is 12.4 Å². The number of ether oxygens (including phenoxy) is 1. The van der Waals surface area contributed by atoms with Crippen molar-refractivity contribution in [1.82, 2.24) is 0 Å². The highest BCUT2D eigenvalue weighted by Crippen LogP contribution is 2.18. The summed E-state index contributed by atoms with van der Waals surface area (Å²) in [4.78, 5) is 12.9. The van der Waals surface area contributed by atoms with Crippen molar-refractivity contribution < 1.29 is 14.7 Å². The Labute approximate surface area is 125 Å². The Hall–Kier alpha value is -2.54. The number of amidine groups is 1. The van der Waals surface area contributed by atoms with E-state index in [0.29, 0.717) is 17.9 Å². The molecule has 0 bridgehead atoms. The van der Waals surface area contributed by atoms with Crippen LogP contribution in [0.25, 0.3) is 0 Å². The number of carbonyl (C=O) groups excluding carboxylic acids is 1. The van der Waals surface area contributed by atoms with Crippen LogP contribution in [-0.2, 0) is 11.2 Å². The molecule has 1 amide bonds. The van der Waals surface area contributed by atoms with E-state index in [1.165, 1.54) is 0 Å². The van der Waals surface area contributed by atoms with Gasteiger partial charge in [-0.3, -0.25) is 4.79 Å². The van der Waals surface area contributed by atoms with Crippen LogP contribution < -0.4 is 15.8 Å². The first kappa shape index (κ1) is 14.9. The number of nitrogens with two attached hydrogens (primary N) is 1. The average molecular weight is 305 g/mol. The van der Waals surface area contributed by atoms with Gasteiger partial charge in [0.05, 0.1) is 6.42 Å². The maximum absolute atomic E-state index is 11.9. The maximum Gasteiger partial charge on any atom is 0.229 e. The van der Waals surface area contributed by atoms with Gasteiger partial charge in [0, 0.05) is 16.6 Å². The zero-order valence-electron chi connectivity index (χ0n) is 11.2. The Morgan fingerprint density at radius 1 is 1.38 bits per heavy atom. The van der Waals surface area contributed by atoms with E-state index < -0.39 is 0 Å². The van der Waals surface area contributed by atoms with E-state index in [1.54, 1.807) is 35.6 Å². The van der Waals surface area contributed by atoms with E-state index >= 15 is 0 Å². The van der Waals surface area contributed by atoms with Gasteiger partial charge >= 0.3 is 0 Å². The highest BCUT2D eigenvalue weighted by Gasteiger charge is 2.06. The van der Waals surface area contributed by atoms with Crippen molar-refractivity contribution in [2.45, 2.75) is 6.42 Å². The Kier molecular flexibility index (Phi) is 5.16. The maximum atomic E-state index is 11.9. The fourth-order valence-corrected chi connectivity index (χ4v) is 2.33. The van der Waals surface area contributed by atoms with E-state index in [0.717, 1.165) is 4.88 Å². The van der Waals surface area contributed by atoms with Crippen molar-refractivity contribution in [2.24, 2.45) is 10.9 Å². The summed E-state index contributed by atoms with van der Waals surface area (Å²) in [6.07, 6.45) is 0.340. The lowest BCUT2D eigenvalue weighted by molar-refractivity contribution is -0.115. The summed E-state index contributed by atoms with van der Waals surface area (Å²) in [5.41, 5.74) is 5.95. The largest absolute Gasteiger partial charge is 0.485 e. The molecule has 2 aromatic rings. The Morgan fingerprint density at radius 3 is 2.95 bits per heavy atom.